The second kappa shape index (κ2) is 4.73. The molecular formula is C9H12BrN3O4. The van der Waals surface area contributed by atoms with Crippen LogP contribution in [0.25, 0.3) is 0 Å². The molecule has 8 heteroatoms. The highest BCUT2D eigenvalue weighted by atomic mass is 79.9. The molecule has 1 aliphatic rings. The lowest BCUT2D eigenvalue weighted by atomic mass is 10.2. The maximum Gasteiger partial charge on any atom is 0.351 e. The normalized spacial score (nSPS) is 30.4. The van der Waals surface area contributed by atoms with Crippen molar-refractivity contribution in [1.82, 2.24) is 9.55 Å². The molecule has 0 radical (unpaired) electrons. The standard InChI is InChI=1S/C9H12BrN3O4/c10-8(15)7-4(14)3-6(17-7)13-2-1-5(11)12-9(13)16/h1-2,4,6-8,14-15H,3H2,(H2,11,12,16)/t4-,6+,7-,8?/m0/s1. The first-order valence-electron chi connectivity index (χ1n) is 4.99. The van der Waals surface area contributed by atoms with Crippen molar-refractivity contribution in [2.45, 2.75) is 29.9 Å². The summed E-state index contributed by atoms with van der Waals surface area (Å²) in [5.74, 6) is 0.127. The van der Waals surface area contributed by atoms with Gasteiger partial charge in [-0.15, -0.1) is 0 Å². The van der Waals surface area contributed by atoms with E-state index in [1.807, 2.05) is 0 Å². The number of aromatic nitrogens is 2. The van der Waals surface area contributed by atoms with Crippen LogP contribution in [-0.4, -0.2) is 37.0 Å². The Balaban J connectivity index is 2.23. The third-order valence-electron chi connectivity index (χ3n) is 2.57. The van der Waals surface area contributed by atoms with Crippen molar-refractivity contribution in [3.05, 3.63) is 22.7 Å². The highest BCUT2D eigenvalue weighted by Crippen LogP contribution is 2.30. The molecule has 1 fully saturated rings. The lowest BCUT2D eigenvalue weighted by molar-refractivity contribution is -0.0543. The minimum absolute atomic E-state index is 0.127. The molecule has 94 valence electrons. The topological polar surface area (TPSA) is 111 Å². The molecule has 0 saturated carbocycles. The number of aliphatic hydroxyl groups excluding tert-OH is 2. The third-order valence-corrected chi connectivity index (χ3v) is 3.09. The molecule has 1 saturated heterocycles. The van der Waals surface area contributed by atoms with E-state index in [0.29, 0.717) is 0 Å². The molecule has 1 aliphatic heterocycles. The van der Waals surface area contributed by atoms with Crippen LogP contribution in [-0.2, 0) is 4.74 Å². The number of rotatable bonds is 2. The molecule has 2 rings (SSSR count). The molecule has 7 nitrogen and oxygen atoms in total. The van der Waals surface area contributed by atoms with Gasteiger partial charge in [0.05, 0.1) is 6.10 Å². The molecule has 4 N–H and O–H groups in total. The number of alkyl halides is 1. The molecule has 2 heterocycles. The van der Waals surface area contributed by atoms with E-state index in [4.69, 9.17) is 10.5 Å². The summed E-state index contributed by atoms with van der Waals surface area (Å²) in [6.45, 7) is 0. The van der Waals surface area contributed by atoms with Crippen molar-refractivity contribution in [3.63, 3.8) is 0 Å². The zero-order valence-electron chi connectivity index (χ0n) is 8.73. The van der Waals surface area contributed by atoms with Gasteiger partial charge in [0.15, 0.2) is 0 Å². The highest BCUT2D eigenvalue weighted by Gasteiger charge is 2.38. The van der Waals surface area contributed by atoms with Crippen LogP contribution >= 0.6 is 15.9 Å². The fraction of sp³-hybridized carbons (Fsp3) is 0.556. The van der Waals surface area contributed by atoms with Gasteiger partial charge in [0, 0.05) is 12.6 Å². The van der Waals surface area contributed by atoms with Gasteiger partial charge in [0.2, 0.25) is 0 Å². The molecule has 0 bridgehead atoms. The van der Waals surface area contributed by atoms with Gasteiger partial charge in [-0.25, -0.2) is 4.79 Å². The Morgan fingerprint density at radius 3 is 2.94 bits per heavy atom. The molecular weight excluding hydrogens is 294 g/mol. The van der Waals surface area contributed by atoms with Crippen LogP contribution in [0.5, 0.6) is 0 Å². The van der Waals surface area contributed by atoms with Gasteiger partial charge >= 0.3 is 5.69 Å². The number of hydrogen-bond acceptors (Lipinski definition) is 6. The summed E-state index contributed by atoms with van der Waals surface area (Å²) >= 11 is 2.92. The predicted molar refractivity (Wildman–Crippen MR) is 62.4 cm³/mol. The van der Waals surface area contributed by atoms with E-state index in [1.54, 1.807) is 0 Å². The quantitative estimate of drug-likeness (QED) is 0.616. The molecule has 1 unspecified atom stereocenters. The van der Waals surface area contributed by atoms with Crippen molar-refractivity contribution >= 4 is 21.7 Å². The molecule has 0 amide bonds. The Kier molecular flexibility index (Phi) is 3.48. The first kappa shape index (κ1) is 12.5. The summed E-state index contributed by atoms with van der Waals surface area (Å²) in [5.41, 5.74) is 4.82. The predicted octanol–water partition coefficient (Wildman–Crippen LogP) is -0.813. The van der Waals surface area contributed by atoms with Crippen LogP contribution in [0.4, 0.5) is 5.82 Å². The van der Waals surface area contributed by atoms with E-state index >= 15 is 0 Å². The SMILES string of the molecule is Nc1ccn([C@H]2C[C@H](O)[C@@H](C(O)Br)O2)c(=O)n1. The Morgan fingerprint density at radius 2 is 2.41 bits per heavy atom. The number of halogens is 1. The lowest BCUT2D eigenvalue weighted by Gasteiger charge is -2.16. The van der Waals surface area contributed by atoms with Crippen LogP contribution in [0.1, 0.15) is 12.6 Å². The maximum absolute atomic E-state index is 11.5. The van der Waals surface area contributed by atoms with Gasteiger partial charge in [-0.3, -0.25) is 4.57 Å². The van der Waals surface area contributed by atoms with E-state index in [1.165, 1.54) is 16.8 Å². The minimum atomic E-state index is -0.986. The maximum atomic E-state index is 11.5. The molecule has 1 aromatic heterocycles. The number of ether oxygens (including phenoxy) is 1. The number of hydrogen-bond donors (Lipinski definition) is 3. The largest absolute Gasteiger partial charge is 0.390 e. The fourth-order valence-electron chi connectivity index (χ4n) is 1.74. The van der Waals surface area contributed by atoms with E-state index in [9.17, 15) is 15.0 Å². The van der Waals surface area contributed by atoms with Crippen molar-refractivity contribution in [2.24, 2.45) is 0 Å². The Labute approximate surface area is 105 Å². The van der Waals surface area contributed by atoms with E-state index in [0.717, 1.165) is 0 Å². The molecule has 1 aromatic rings. The summed E-state index contributed by atoms with van der Waals surface area (Å²) in [5, 5.41) is 18.0. The van der Waals surface area contributed by atoms with Crippen LogP contribution in [0.2, 0.25) is 0 Å². The second-order valence-corrected chi connectivity index (χ2v) is 4.71. The van der Waals surface area contributed by atoms with Gasteiger partial charge in [0.1, 0.15) is 23.2 Å². The highest BCUT2D eigenvalue weighted by molar-refractivity contribution is 9.09. The average molecular weight is 306 g/mol. The van der Waals surface area contributed by atoms with Gasteiger partial charge in [-0.2, -0.15) is 4.98 Å². The van der Waals surface area contributed by atoms with Crippen LogP contribution in [0.3, 0.4) is 0 Å². The number of nitrogens with two attached hydrogens (primary N) is 1. The first-order chi connectivity index (χ1) is 7.99. The fourth-order valence-corrected chi connectivity index (χ4v) is 2.22. The zero-order chi connectivity index (χ0) is 12.6. The number of anilines is 1. The van der Waals surface area contributed by atoms with Gasteiger partial charge in [-0.1, -0.05) is 15.9 Å². The van der Waals surface area contributed by atoms with E-state index in [-0.39, 0.29) is 12.2 Å². The van der Waals surface area contributed by atoms with Gasteiger partial charge in [0.25, 0.3) is 0 Å². The van der Waals surface area contributed by atoms with Crippen molar-refractivity contribution < 1.29 is 14.9 Å². The third kappa shape index (κ3) is 2.49. The smallest absolute Gasteiger partial charge is 0.351 e. The number of nitrogen functional groups attached to an aromatic ring is 1. The van der Waals surface area contributed by atoms with E-state index < -0.39 is 29.1 Å². The van der Waals surface area contributed by atoms with Crippen molar-refractivity contribution in [2.75, 3.05) is 5.73 Å². The monoisotopic (exact) mass is 305 g/mol. The molecule has 4 atom stereocenters. The molecule has 0 spiro atoms. The molecule has 0 aromatic carbocycles. The summed E-state index contributed by atoms with van der Waals surface area (Å²) in [4.78, 5) is 15.1. The summed E-state index contributed by atoms with van der Waals surface area (Å²) in [6.07, 6.45) is -0.616. The molecule has 0 aliphatic carbocycles. The van der Waals surface area contributed by atoms with Crippen molar-refractivity contribution in [1.29, 1.82) is 0 Å². The summed E-state index contributed by atoms with van der Waals surface area (Å²) < 4.78 is 6.61. The first-order valence-corrected chi connectivity index (χ1v) is 5.91. The van der Waals surface area contributed by atoms with E-state index in [2.05, 4.69) is 20.9 Å². The summed E-state index contributed by atoms with van der Waals surface area (Å²) in [7, 11) is 0. The van der Waals surface area contributed by atoms with Gasteiger partial charge < -0.3 is 20.7 Å². The number of aliphatic hydroxyl groups is 2. The number of nitrogens with zero attached hydrogens (tertiary/aromatic N) is 2. The average Bonchev–Trinajstić information content (AvgIpc) is 2.60. The van der Waals surface area contributed by atoms with Crippen molar-refractivity contribution in [3.8, 4) is 0 Å². The van der Waals surface area contributed by atoms with Crippen LogP contribution < -0.4 is 11.4 Å². The van der Waals surface area contributed by atoms with Crippen LogP contribution in [0, 0.1) is 0 Å². The Hall–Kier alpha value is -0.960. The second-order valence-electron chi connectivity index (χ2n) is 3.77. The Bertz CT molecular complexity index is 464. The lowest BCUT2D eigenvalue weighted by Crippen LogP contribution is -2.31. The van der Waals surface area contributed by atoms with Gasteiger partial charge in [-0.05, 0) is 6.07 Å². The summed E-state index contributed by atoms with van der Waals surface area (Å²) in [6, 6.07) is 1.47. The zero-order valence-corrected chi connectivity index (χ0v) is 10.3. The minimum Gasteiger partial charge on any atom is -0.390 e. The molecule has 17 heavy (non-hydrogen) atoms. The van der Waals surface area contributed by atoms with Crippen LogP contribution in [0.15, 0.2) is 17.1 Å². The Morgan fingerprint density at radius 1 is 1.71 bits per heavy atom.